The molecule has 10 nitrogen and oxygen atoms in total. The summed E-state index contributed by atoms with van der Waals surface area (Å²) in [6.07, 6.45) is 0.418. The second-order valence-corrected chi connectivity index (χ2v) is 8.27. The Morgan fingerprint density at radius 2 is 1.96 bits per heavy atom. The van der Waals surface area contributed by atoms with E-state index in [1.54, 1.807) is 11.4 Å². The first-order chi connectivity index (χ1) is 12.5. The number of anilines is 1. The molecule has 2 aromatic heterocycles. The second-order valence-electron chi connectivity index (χ2n) is 6.18. The summed E-state index contributed by atoms with van der Waals surface area (Å²) in [5.74, 6) is 1.52. The topological polar surface area (TPSA) is 116 Å². The molecule has 0 saturated carbocycles. The van der Waals surface area contributed by atoms with Crippen molar-refractivity contribution in [1.82, 2.24) is 29.4 Å². The molecule has 3 rings (SSSR count). The first-order valence-corrected chi connectivity index (χ1v) is 10.4. The van der Waals surface area contributed by atoms with Crippen molar-refractivity contribution in [3.05, 3.63) is 18.0 Å². The first-order valence-electron chi connectivity index (χ1n) is 8.79. The summed E-state index contributed by atoms with van der Waals surface area (Å²) in [4.78, 5) is 4.41. The minimum Gasteiger partial charge on any atom is -0.395 e. The molecule has 11 heteroatoms. The number of aliphatic hydroxyl groups is 1. The molecule has 2 N–H and O–H groups in total. The van der Waals surface area contributed by atoms with Crippen LogP contribution in [0, 0.1) is 0 Å². The van der Waals surface area contributed by atoms with E-state index in [0.717, 1.165) is 32.0 Å². The lowest BCUT2D eigenvalue weighted by atomic mass is 10.3. The van der Waals surface area contributed by atoms with Crippen molar-refractivity contribution in [3.63, 3.8) is 0 Å². The maximum absolute atomic E-state index is 11.5. The van der Waals surface area contributed by atoms with Crippen molar-refractivity contribution < 1.29 is 13.5 Å². The molecule has 1 aliphatic heterocycles. The molecular formula is C15H25N7O3S. The van der Waals surface area contributed by atoms with E-state index in [1.165, 1.54) is 0 Å². The van der Waals surface area contributed by atoms with Crippen molar-refractivity contribution in [2.75, 3.05) is 56.5 Å². The molecule has 144 valence electrons. The average molecular weight is 383 g/mol. The van der Waals surface area contributed by atoms with Crippen LogP contribution in [0.2, 0.25) is 0 Å². The van der Waals surface area contributed by atoms with Crippen molar-refractivity contribution in [2.45, 2.75) is 13.3 Å². The molecule has 1 aliphatic rings. The van der Waals surface area contributed by atoms with Crippen LogP contribution in [-0.4, -0.2) is 89.9 Å². The maximum atomic E-state index is 11.5. The van der Waals surface area contributed by atoms with E-state index >= 15 is 0 Å². The number of hydrogen-bond donors (Lipinski definition) is 2. The molecule has 0 unspecified atom stereocenters. The Labute approximate surface area is 152 Å². The highest BCUT2D eigenvalue weighted by atomic mass is 32.2. The number of aliphatic hydroxyl groups excluding tert-OH is 1. The van der Waals surface area contributed by atoms with E-state index in [4.69, 9.17) is 5.11 Å². The highest BCUT2D eigenvalue weighted by molar-refractivity contribution is 7.89. The zero-order chi connectivity index (χ0) is 18.6. The van der Waals surface area contributed by atoms with Crippen molar-refractivity contribution in [3.8, 4) is 0 Å². The van der Waals surface area contributed by atoms with Gasteiger partial charge in [0.1, 0.15) is 5.82 Å². The van der Waals surface area contributed by atoms with E-state index in [-0.39, 0.29) is 18.9 Å². The molecule has 0 amide bonds. The van der Waals surface area contributed by atoms with Gasteiger partial charge in [0.25, 0.3) is 0 Å². The van der Waals surface area contributed by atoms with Gasteiger partial charge in [0.05, 0.1) is 12.4 Å². The highest BCUT2D eigenvalue weighted by Crippen LogP contribution is 2.15. The summed E-state index contributed by atoms with van der Waals surface area (Å²) in [5, 5.41) is 21.9. The van der Waals surface area contributed by atoms with E-state index < -0.39 is 10.0 Å². The molecule has 2 aromatic rings. The Kier molecular flexibility index (Phi) is 6.01. The number of nitrogens with zero attached hydrogens (tertiary/aromatic N) is 6. The molecule has 0 radical (unpaired) electrons. The van der Waals surface area contributed by atoms with Crippen molar-refractivity contribution in [2.24, 2.45) is 0 Å². The van der Waals surface area contributed by atoms with Gasteiger partial charge in [-0.2, -0.15) is 4.52 Å². The molecular weight excluding hydrogens is 358 g/mol. The van der Waals surface area contributed by atoms with Crippen LogP contribution in [-0.2, 0) is 16.4 Å². The van der Waals surface area contributed by atoms with Crippen LogP contribution in [0.5, 0.6) is 0 Å². The van der Waals surface area contributed by atoms with Crippen LogP contribution < -0.4 is 9.62 Å². The lowest BCUT2D eigenvalue weighted by Crippen LogP contribution is -2.47. The lowest BCUT2D eigenvalue weighted by Gasteiger charge is -2.34. The third-order valence-electron chi connectivity index (χ3n) is 4.48. The minimum absolute atomic E-state index is 0.0538. The number of aromatic nitrogens is 4. The number of nitrogens with one attached hydrogen (secondary N) is 1. The number of β-amino-alcohol motifs (C(OH)–C–C–N with tert-alkyl or cyclic N) is 1. The summed E-state index contributed by atoms with van der Waals surface area (Å²) in [6.45, 7) is 6.19. The molecule has 0 aliphatic carbocycles. The fraction of sp³-hybridized carbons (Fsp3) is 0.667. The largest absolute Gasteiger partial charge is 0.395 e. The van der Waals surface area contributed by atoms with E-state index in [9.17, 15) is 8.42 Å². The average Bonchev–Trinajstić information content (AvgIpc) is 3.05. The van der Waals surface area contributed by atoms with E-state index in [1.807, 2.05) is 12.1 Å². The van der Waals surface area contributed by atoms with Crippen LogP contribution in [0.4, 0.5) is 5.82 Å². The van der Waals surface area contributed by atoms with Gasteiger partial charge >= 0.3 is 0 Å². The normalized spacial score (nSPS) is 16.5. The number of sulfonamides is 1. The number of fused-ring (bicyclic) bond motifs is 1. The molecule has 3 heterocycles. The van der Waals surface area contributed by atoms with Crippen LogP contribution in [0.25, 0.3) is 5.65 Å². The fourth-order valence-corrected chi connectivity index (χ4v) is 3.53. The van der Waals surface area contributed by atoms with E-state index in [0.29, 0.717) is 24.4 Å². The minimum atomic E-state index is -3.22. The summed E-state index contributed by atoms with van der Waals surface area (Å²) in [5.41, 5.74) is 0.640. The van der Waals surface area contributed by atoms with Crippen LogP contribution in [0.1, 0.15) is 12.7 Å². The number of piperazine rings is 1. The summed E-state index contributed by atoms with van der Waals surface area (Å²) in [6, 6.07) is 3.80. The van der Waals surface area contributed by atoms with Gasteiger partial charge in [-0.15, -0.1) is 15.3 Å². The fourth-order valence-electron chi connectivity index (χ4n) is 2.91. The smallest absolute Gasteiger partial charge is 0.211 e. The lowest BCUT2D eigenvalue weighted by molar-refractivity contribution is 0.188. The standard InChI is InChI=1S/C15H25N7O3S/c1-2-26(24,25)16-6-5-14-18-17-13-3-4-15(19-22(13)14)21-9-7-20(8-10-21)11-12-23/h3-4,16,23H,2,5-12H2,1H3. The Bertz CT molecular complexity index is 831. The van der Waals surface area contributed by atoms with Gasteiger partial charge < -0.3 is 10.0 Å². The highest BCUT2D eigenvalue weighted by Gasteiger charge is 2.19. The molecule has 0 aromatic carbocycles. The zero-order valence-electron chi connectivity index (χ0n) is 14.9. The molecule has 26 heavy (non-hydrogen) atoms. The van der Waals surface area contributed by atoms with E-state index in [2.05, 4.69) is 29.8 Å². The van der Waals surface area contributed by atoms with Gasteiger partial charge in [0, 0.05) is 45.7 Å². The van der Waals surface area contributed by atoms with Gasteiger partial charge in [0.15, 0.2) is 11.5 Å². The third-order valence-corrected chi connectivity index (χ3v) is 5.88. The van der Waals surface area contributed by atoms with Gasteiger partial charge in [-0.25, -0.2) is 13.1 Å². The third kappa shape index (κ3) is 4.47. The zero-order valence-corrected chi connectivity index (χ0v) is 15.7. The van der Waals surface area contributed by atoms with Crippen molar-refractivity contribution >= 4 is 21.5 Å². The van der Waals surface area contributed by atoms with Crippen LogP contribution >= 0.6 is 0 Å². The predicted molar refractivity (Wildman–Crippen MR) is 97.7 cm³/mol. The molecule has 1 saturated heterocycles. The summed E-state index contributed by atoms with van der Waals surface area (Å²) >= 11 is 0. The van der Waals surface area contributed by atoms with Gasteiger partial charge in [-0.05, 0) is 19.1 Å². The Balaban J connectivity index is 1.68. The Hall–Kier alpha value is -1.82. The molecule has 0 atom stereocenters. The Morgan fingerprint density at radius 1 is 1.19 bits per heavy atom. The quantitative estimate of drug-likeness (QED) is 0.579. The molecule has 0 bridgehead atoms. The van der Waals surface area contributed by atoms with Crippen LogP contribution in [0.3, 0.4) is 0 Å². The summed E-state index contributed by atoms with van der Waals surface area (Å²) in [7, 11) is -3.22. The number of rotatable bonds is 8. The monoisotopic (exact) mass is 383 g/mol. The number of hydrogen-bond acceptors (Lipinski definition) is 8. The van der Waals surface area contributed by atoms with Gasteiger partial charge in [-0.1, -0.05) is 0 Å². The SMILES string of the molecule is CCS(=O)(=O)NCCc1nnc2ccc(N3CCN(CCO)CC3)nn12. The maximum Gasteiger partial charge on any atom is 0.211 e. The predicted octanol–water partition coefficient (Wildman–Crippen LogP) is -1.28. The molecule has 1 fully saturated rings. The Morgan fingerprint density at radius 3 is 2.65 bits per heavy atom. The van der Waals surface area contributed by atoms with Gasteiger partial charge in [-0.3, -0.25) is 4.90 Å². The molecule has 0 spiro atoms. The van der Waals surface area contributed by atoms with Crippen LogP contribution in [0.15, 0.2) is 12.1 Å². The first kappa shape index (κ1) is 19.0. The summed E-state index contributed by atoms with van der Waals surface area (Å²) < 4.78 is 27.3. The van der Waals surface area contributed by atoms with Crippen molar-refractivity contribution in [1.29, 1.82) is 0 Å². The van der Waals surface area contributed by atoms with Gasteiger partial charge in [0.2, 0.25) is 10.0 Å². The second kappa shape index (κ2) is 8.25.